The Morgan fingerprint density at radius 1 is 0.480 bits per heavy atom. The molecule has 50 heavy (non-hydrogen) atoms. The number of anilines is 5. The summed E-state index contributed by atoms with van der Waals surface area (Å²) in [6.07, 6.45) is 4.18. The van der Waals surface area contributed by atoms with Crippen molar-refractivity contribution in [2.45, 2.75) is 0 Å². The second kappa shape index (κ2) is 12.5. The van der Waals surface area contributed by atoms with Crippen molar-refractivity contribution in [3.63, 3.8) is 0 Å². The van der Waals surface area contributed by atoms with Gasteiger partial charge >= 0.3 is 0 Å². The Balaban J connectivity index is 1.16. The summed E-state index contributed by atoms with van der Waals surface area (Å²) in [5, 5.41) is 2.44. The van der Waals surface area contributed by atoms with E-state index in [4.69, 9.17) is 4.74 Å². The van der Waals surface area contributed by atoms with E-state index >= 15 is 0 Å². The van der Waals surface area contributed by atoms with Crippen LogP contribution in [-0.4, -0.2) is 25.3 Å². The fourth-order valence-electron chi connectivity index (χ4n) is 7.25. The van der Waals surface area contributed by atoms with Crippen LogP contribution in [0.15, 0.2) is 176 Å². The first-order valence-corrected chi connectivity index (χ1v) is 17.0. The quantitative estimate of drug-likeness (QED) is 0.171. The summed E-state index contributed by atoms with van der Waals surface area (Å²) >= 11 is 0. The number of rotatable bonds is 7. The van der Waals surface area contributed by atoms with Gasteiger partial charge in [0.2, 0.25) is 0 Å². The Morgan fingerprint density at radius 2 is 1.10 bits per heavy atom. The van der Waals surface area contributed by atoms with Crippen LogP contribution in [-0.2, 0) is 0 Å². The Morgan fingerprint density at radius 3 is 1.78 bits per heavy atom. The molecule has 2 heterocycles. The van der Waals surface area contributed by atoms with E-state index < -0.39 is 0 Å². The fourth-order valence-corrected chi connectivity index (χ4v) is 7.25. The molecule has 0 unspecified atom stereocenters. The van der Waals surface area contributed by atoms with Gasteiger partial charge in [-0.1, -0.05) is 121 Å². The van der Waals surface area contributed by atoms with Crippen molar-refractivity contribution < 1.29 is 4.74 Å². The average molecular weight is 649 g/mol. The molecule has 0 saturated carbocycles. The van der Waals surface area contributed by atoms with Gasteiger partial charge in [0.15, 0.2) is 0 Å². The molecule has 0 saturated heterocycles. The van der Waals surface area contributed by atoms with Crippen LogP contribution in [0.3, 0.4) is 0 Å². The van der Waals surface area contributed by atoms with E-state index in [-0.39, 0.29) is 0 Å². The largest absolute Gasteiger partial charge is 0.457 e. The molecule has 0 amide bonds. The lowest BCUT2D eigenvalue weighted by Gasteiger charge is -2.27. The second-order valence-corrected chi connectivity index (χ2v) is 12.8. The van der Waals surface area contributed by atoms with Crippen molar-refractivity contribution in [3.05, 3.63) is 176 Å². The molecule has 2 aliphatic rings. The highest BCUT2D eigenvalue weighted by atomic mass is 16.5. The Labute approximate surface area is 293 Å². The molecule has 0 radical (unpaired) electrons. The highest BCUT2D eigenvalue weighted by Gasteiger charge is 2.33. The predicted octanol–water partition coefficient (Wildman–Crippen LogP) is 11.4. The molecule has 7 aromatic rings. The molecule has 0 aromatic heterocycles. The van der Waals surface area contributed by atoms with E-state index in [1.807, 2.05) is 12.1 Å². The van der Waals surface area contributed by atoms with Crippen LogP contribution in [0, 0.1) is 0 Å². The van der Waals surface area contributed by atoms with Crippen molar-refractivity contribution in [2.24, 2.45) is 0 Å². The van der Waals surface area contributed by atoms with Crippen LogP contribution in [0.5, 0.6) is 11.5 Å². The molecule has 2 aliphatic heterocycles. The predicted molar refractivity (Wildman–Crippen MR) is 208 cm³/mol. The highest BCUT2D eigenvalue weighted by molar-refractivity contribution is 6.09. The van der Waals surface area contributed by atoms with Crippen LogP contribution in [0.4, 0.5) is 28.4 Å². The van der Waals surface area contributed by atoms with Crippen LogP contribution in [0.25, 0.3) is 33.0 Å². The molecule has 5 nitrogen and oxygen atoms in total. The van der Waals surface area contributed by atoms with E-state index in [1.165, 1.54) is 44.4 Å². The van der Waals surface area contributed by atoms with E-state index in [0.717, 1.165) is 35.2 Å². The van der Waals surface area contributed by atoms with Gasteiger partial charge in [0, 0.05) is 59.5 Å². The lowest BCUT2D eigenvalue weighted by atomic mass is 9.94. The van der Waals surface area contributed by atoms with Crippen LogP contribution >= 0.6 is 0 Å². The fraction of sp³-hybridized carbons (Fsp3) is 0.0667. The SMILES string of the molecule is CN1C=CN(c2cccc(Oc3cccc(N4CN(c5c(-c6ccccc6)cccc5-c5ccccc5)c5c4ccc4ccccc54)c3)c2)C1. The van der Waals surface area contributed by atoms with Gasteiger partial charge in [-0.05, 0) is 46.8 Å². The second-order valence-electron chi connectivity index (χ2n) is 12.8. The first kappa shape index (κ1) is 29.7. The number of para-hydroxylation sites is 1. The van der Waals surface area contributed by atoms with Crippen LogP contribution < -0.4 is 19.4 Å². The van der Waals surface area contributed by atoms with Crippen LogP contribution in [0.1, 0.15) is 0 Å². The highest BCUT2D eigenvalue weighted by Crippen LogP contribution is 2.52. The lowest BCUT2D eigenvalue weighted by molar-refractivity contribution is 0.481. The summed E-state index contributed by atoms with van der Waals surface area (Å²) in [6.45, 7) is 1.46. The third-order valence-corrected chi connectivity index (χ3v) is 9.59. The normalized spacial score (nSPS) is 13.7. The van der Waals surface area contributed by atoms with Crippen molar-refractivity contribution in [2.75, 3.05) is 35.1 Å². The Hall–Kier alpha value is -6.46. The van der Waals surface area contributed by atoms with Gasteiger partial charge in [0.05, 0.1) is 23.7 Å². The van der Waals surface area contributed by atoms with Gasteiger partial charge in [-0.25, -0.2) is 0 Å². The molecule has 242 valence electrons. The molecule has 0 atom stereocenters. The number of nitrogens with zero attached hydrogens (tertiary/aromatic N) is 4. The minimum absolute atomic E-state index is 0.640. The molecule has 0 aliphatic carbocycles. The zero-order valence-electron chi connectivity index (χ0n) is 27.9. The molecule has 0 bridgehead atoms. The van der Waals surface area contributed by atoms with Crippen molar-refractivity contribution in [1.82, 2.24) is 4.90 Å². The minimum Gasteiger partial charge on any atom is -0.457 e. The van der Waals surface area contributed by atoms with Gasteiger partial charge in [-0.2, -0.15) is 0 Å². The monoisotopic (exact) mass is 648 g/mol. The topological polar surface area (TPSA) is 22.2 Å². The minimum atomic E-state index is 0.640. The molecular weight excluding hydrogens is 613 g/mol. The summed E-state index contributed by atoms with van der Waals surface area (Å²) in [7, 11) is 2.07. The van der Waals surface area contributed by atoms with E-state index in [0.29, 0.717) is 6.67 Å². The molecule has 5 heteroatoms. The maximum atomic E-state index is 6.52. The third-order valence-electron chi connectivity index (χ3n) is 9.59. The summed E-state index contributed by atoms with van der Waals surface area (Å²) < 4.78 is 6.52. The Bertz CT molecular complexity index is 2300. The summed E-state index contributed by atoms with van der Waals surface area (Å²) in [6, 6.07) is 58.1. The molecule has 0 N–H and O–H groups in total. The van der Waals surface area contributed by atoms with Gasteiger partial charge in [-0.15, -0.1) is 0 Å². The van der Waals surface area contributed by atoms with Gasteiger partial charge in [0.1, 0.15) is 18.2 Å². The molecule has 0 spiro atoms. The smallest absolute Gasteiger partial charge is 0.129 e. The Kier molecular flexibility index (Phi) is 7.43. The molecule has 0 fully saturated rings. The number of ether oxygens (including phenoxy) is 1. The van der Waals surface area contributed by atoms with Gasteiger partial charge in [0.25, 0.3) is 0 Å². The molecular formula is C45H36N4O. The van der Waals surface area contributed by atoms with E-state index in [1.54, 1.807) is 0 Å². The summed E-state index contributed by atoms with van der Waals surface area (Å²) in [4.78, 5) is 9.28. The maximum absolute atomic E-state index is 6.52. The standard InChI is InChI=1S/C45H36N4O/c1-46-27-28-47(31-46)36-18-10-20-38(29-36)50-39-21-11-19-37(30-39)48-32-49(45-42-22-9-8-17-35(42)25-26-43(45)48)44-40(33-13-4-2-5-14-33)23-12-24-41(44)34-15-6-3-7-16-34/h2-30H,31-32H2,1H3. The summed E-state index contributed by atoms with van der Waals surface area (Å²) in [5.74, 6) is 1.60. The zero-order chi connectivity index (χ0) is 33.4. The van der Waals surface area contributed by atoms with E-state index in [2.05, 4.69) is 191 Å². The van der Waals surface area contributed by atoms with Crippen molar-refractivity contribution in [3.8, 4) is 33.8 Å². The summed E-state index contributed by atoms with van der Waals surface area (Å²) in [5.41, 5.74) is 10.5. The van der Waals surface area contributed by atoms with Gasteiger partial charge in [-0.3, -0.25) is 0 Å². The number of fused-ring (bicyclic) bond motifs is 3. The number of hydrogen-bond acceptors (Lipinski definition) is 5. The first-order chi connectivity index (χ1) is 24.7. The zero-order valence-corrected chi connectivity index (χ0v) is 27.9. The average Bonchev–Trinajstić information content (AvgIpc) is 3.80. The first-order valence-electron chi connectivity index (χ1n) is 17.0. The van der Waals surface area contributed by atoms with Crippen molar-refractivity contribution >= 4 is 39.2 Å². The van der Waals surface area contributed by atoms with Gasteiger partial charge < -0.3 is 24.3 Å². The van der Waals surface area contributed by atoms with Crippen LogP contribution in [0.2, 0.25) is 0 Å². The molecule has 9 rings (SSSR count). The molecule has 7 aromatic carbocycles. The lowest BCUT2D eigenvalue weighted by Crippen LogP contribution is -2.25. The van der Waals surface area contributed by atoms with Crippen molar-refractivity contribution in [1.29, 1.82) is 0 Å². The van der Waals surface area contributed by atoms with E-state index in [9.17, 15) is 0 Å². The number of hydrogen-bond donors (Lipinski definition) is 0. The maximum Gasteiger partial charge on any atom is 0.129 e. The third kappa shape index (κ3) is 5.39. The number of benzene rings is 7.